The minimum atomic E-state index is -3.60. The van der Waals surface area contributed by atoms with Crippen molar-refractivity contribution in [3.05, 3.63) is 18.2 Å². The predicted octanol–water partition coefficient (Wildman–Crippen LogP) is 0.427. The molecule has 114 valence electrons. The normalized spacial score (nSPS) is 23.1. The molecular formula is C13H16N2O5S. The van der Waals surface area contributed by atoms with E-state index in [1.54, 1.807) is 6.07 Å². The number of carbonyl (C=O) groups is 1. The molecule has 3 rings (SSSR count). The molecule has 0 aromatic heterocycles. The molecule has 21 heavy (non-hydrogen) atoms. The van der Waals surface area contributed by atoms with Crippen molar-refractivity contribution in [3.8, 4) is 5.75 Å². The van der Waals surface area contributed by atoms with Gasteiger partial charge in [0.15, 0.2) is 6.61 Å². The summed E-state index contributed by atoms with van der Waals surface area (Å²) in [4.78, 5) is 11.5. The van der Waals surface area contributed by atoms with Gasteiger partial charge in [0.25, 0.3) is 5.91 Å². The number of anilines is 1. The maximum absolute atomic E-state index is 12.6. The van der Waals surface area contributed by atoms with Gasteiger partial charge in [0, 0.05) is 13.1 Å². The van der Waals surface area contributed by atoms with Crippen LogP contribution >= 0.6 is 0 Å². The lowest BCUT2D eigenvalue weighted by molar-refractivity contribution is -0.118. The number of nitrogens with one attached hydrogen (secondary N) is 1. The van der Waals surface area contributed by atoms with E-state index in [0.717, 1.165) is 0 Å². The van der Waals surface area contributed by atoms with Gasteiger partial charge < -0.3 is 14.8 Å². The van der Waals surface area contributed by atoms with Crippen molar-refractivity contribution < 1.29 is 22.7 Å². The standard InChI is InChI=1S/C13H16N2O5S/c1-9-7-15(4-5-19-9)21(17,18)10-2-3-12-11(6-10)14-13(16)8-20-12/h2-3,6,9H,4-5,7-8H2,1H3,(H,14,16). The van der Waals surface area contributed by atoms with Crippen molar-refractivity contribution >= 4 is 21.6 Å². The number of carbonyl (C=O) groups excluding carboxylic acids is 1. The van der Waals surface area contributed by atoms with Crippen LogP contribution in [0.3, 0.4) is 0 Å². The number of fused-ring (bicyclic) bond motifs is 1. The van der Waals surface area contributed by atoms with E-state index < -0.39 is 10.0 Å². The highest BCUT2D eigenvalue weighted by atomic mass is 32.2. The SMILES string of the molecule is CC1CN(S(=O)(=O)c2ccc3c(c2)NC(=O)CO3)CCO1. The van der Waals surface area contributed by atoms with Gasteiger partial charge in [-0.25, -0.2) is 8.42 Å². The summed E-state index contributed by atoms with van der Waals surface area (Å²) in [5.41, 5.74) is 0.383. The van der Waals surface area contributed by atoms with E-state index in [9.17, 15) is 13.2 Å². The average molecular weight is 312 g/mol. The van der Waals surface area contributed by atoms with Crippen LogP contribution in [0.5, 0.6) is 5.75 Å². The minimum absolute atomic E-state index is 0.0555. The lowest BCUT2D eigenvalue weighted by atomic mass is 10.2. The second kappa shape index (κ2) is 5.28. The number of hydrogen-bond acceptors (Lipinski definition) is 5. The molecule has 2 aliphatic heterocycles. The van der Waals surface area contributed by atoms with E-state index in [2.05, 4.69) is 5.32 Å². The van der Waals surface area contributed by atoms with Gasteiger partial charge in [-0.2, -0.15) is 4.31 Å². The molecule has 0 spiro atoms. The maximum atomic E-state index is 12.6. The summed E-state index contributed by atoms with van der Waals surface area (Å²) in [6.07, 6.45) is -0.130. The Morgan fingerprint density at radius 3 is 2.95 bits per heavy atom. The van der Waals surface area contributed by atoms with Gasteiger partial charge >= 0.3 is 0 Å². The first-order valence-electron chi connectivity index (χ1n) is 6.65. The molecule has 0 saturated carbocycles. The Bertz CT molecular complexity index is 673. The maximum Gasteiger partial charge on any atom is 0.262 e. The van der Waals surface area contributed by atoms with Crippen LogP contribution in [0, 0.1) is 0 Å². The van der Waals surface area contributed by atoms with Crippen molar-refractivity contribution in [2.24, 2.45) is 0 Å². The van der Waals surface area contributed by atoms with Gasteiger partial charge in [-0.1, -0.05) is 0 Å². The van der Waals surface area contributed by atoms with Crippen LogP contribution in [-0.2, 0) is 19.6 Å². The van der Waals surface area contributed by atoms with Gasteiger partial charge in [-0.05, 0) is 25.1 Å². The van der Waals surface area contributed by atoms with Crippen LogP contribution in [-0.4, -0.2) is 51.0 Å². The first-order valence-corrected chi connectivity index (χ1v) is 8.09. The third-order valence-corrected chi connectivity index (χ3v) is 5.29. The van der Waals surface area contributed by atoms with Gasteiger partial charge in [0.2, 0.25) is 10.0 Å². The quantitative estimate of drug-likeness (QED) is 0.856. The molecule has 0 bridgehead atoms. The summed E-state index contributed by atoms with van der Waals surface area (Å²) in [5, 5.41) is 2.61. The lowest BCUT2D eigenvalue weighted by Gasteiger charge is -2.30. The third-order valence-electron chi connectivity index (χ3n) is 3.43. The number of nitrogens with zero attached hydrogens (tertiary/aromatic N) is 1. The van der Waals surface area contributed by atoms with E-state index in [1.807, 2.05) is 6.92 Å². The second-order valence-corrected chi connectivity index (χ2v) is 6.98. The predicted molar refractivity (Wildman–Crippen MR) is 74.7 cm³/mol. The van der Waals surface area contributed by atoms with Crippen LogP contribution in [0.1, 0.15) is 6.92 Å². The van der Waals surface area contributed by atoms with Crippen molar-refractivity contribution in [1.29, 1.82) is 0 Å². The summed E-state index contributed by atoms with van der Waals surface area (Å²) < 4.78 is 37.2. The largest absolute Gasteiger partial charge is 0.482 e. The summed E-state index contributed by atoms with van der Waals surface area (Å²) in [7, 11) is -3.60. The fourth-order valence-electron chi connectivity index (χ4n) is 2.38. The van der Waals surface area contributed by atoms with E-state index in [1.165, 1.54) is 16.4 Å². The van der Waals surface area contributed by atoms with Gasteiger partial charge in [0.05, 0.1) is 23.3 Å². The molecule has 0 radical (unpaired) electrons. The van der Waals surface area contributed by atoms with Crippen LogP contribution in [0.15, 0.2) is 23.1 Å². The zero-order valence-electron chi connectivity index (χ0n) is 11.5. The molecule has 1 aromatic carbocycles. The Labute approximate surface area is 122 Å². The molecule has 2 heterocycles. The molecule has 8 heteroatoms. The van der Waals surface area contributed by atoms with Crippen molar-refractivity contribution in [2.45, 2.75) is 17.9 Å². The molecule has 1 N–H and O–H groups in total. The number of amides is 1. The third kappa shape index (κ3) is 2.74. The number of hydrogen-bond donors (Lipinski definition) is 1. The first-order chi connectivity index (χ1) is 9.96. The fraction of sp³-hybridized carbons (Fsp3) is 0.462. The summed E-state index contributed by atoms with van der Waals surface area (Å²) in [5.74, 6) is 0.181. The molecule has 2 aliphatic rings. The van der Waals surface area contributed by atoms with E-state index in [0.29, 0.717) is 31.1 Å². The van der Waals surface area contributed by atoms with Gasteiger partial charge in [0.1, 0.15) is 5.75 Å². The van der Waals surface area contributed by atoms with E-state index >= 15 is 0 Å². The Balaban J connectivity index is 1.92. The van der Waals surface area contributed by atoms with Crippen molar-refractivity contribution in [1.82, 2.24) is 4.31 Å². The van der Waals surface area contributed by atoms with Crippen LogP contribution in [0.25, 0.3) is 0 Å². The minimum Gasteiger partial charge on any atom is -0.482 e. The van der Waals surface area contributed by atoms with Crippen LogP contribution < -0.4 is 10.1 Å². The Morgan fingerprint density at radius 1 is 1.38 bits per heavy atom. The molecule has 1 aromatic rings. The average Bonchev–Trinajstić information content (AvgIpc) is 2.46. The number of sulfonamides is 1. The lowest BCUT2D eigenvalue weighted by Crippen LogP contribution is -2.44. The zero-order chi connectivity index (χ0) is 15.0. The molecule has 1 atom stereocenters. The molecule has 1 unspecified atom stereocenters. The van der Waals surface area contributed by atoms with E-state index in [4.69, 9.17) is 9.47 Å². The molecule has 1 saturated heterocycles. The molecule has 7 nitrogen and oxygen atoms in total. The monoisotopic (exact) mass is 312 g/mol. The second-order valence-electron chi connectivity index (χ2n) is 5.04. The number of morpholine rings is 1. The Morgan fingerprint density at radius 2 is 2.19 bits per heavy atom. The first kappa shape index (κ1) is 14.3. The highest BCUT2D eigenvalue weighted by molar-refractivity contribution is 7.89. The number of benzene rings is 1. The molecule has 0 aliphatic carbocycles. The molecular weight excluding hydrogens is 296 g/mol. The molecule has 1 fully saturated rings. The molecule has 1 amide bonds. The van der Waals surface area contributed by atoms with Gasteiger partial charge in [-0.15, -0.1) is 0 Å². The smallest absolute Gasteiger partial charge is 0.262 e. The van der Waals surface area contributed by atoms with Crippen LogP contribution in [0.4, 0.5) is 5.69 Å². The van der Waals surface area contributed by atoms with Gasteiger partial charge in [-0.3, -0.25) is 4.79 Å². The number of ether oxygens (including phenoxy) is 2. The Hall–Kier alpha value is -1.64. The topological polar surface area (TPSA) is 84.9 Å². The summed E-state index contributed by atoms with van der Waals surface area (Å²) in [6, 6.07) is 4.49. The highest BCUT2D eigenvalue weighted by Crippen LogP contribution is 2.31. The number of rotatable bonds is 2. The highest BCUT2D eigenvalue weighted by Gasteiger charge is 2.30. The zero-order valence-corrected chi connectivity index (χ0v) is 12.4. The fourth-order valence-corrected chi connectivity index (χ4v) is 3.90. The van der Waals surface area contributed by atoms with E-state index in [-0.39, 0.29) is 23.5 Å². The summed E-state index contributed by atoms with van der Waals surface area (Å²) in [6.45, 7) is 2.81. The van der Waals surface area contributed by atoms with Crippen molar-refractivity contribution in [3.63, 3.8) is 0 Å². The van der Waals surface area contributed by atoms with Crippen LogP contribution in [0.2, 0.25) is 0 Å². The summed E-state index contributed by atoms with van der Waals surface area (Å²) >= 11 is 0. The van der Waals surface area contributed by atoms with Crippen molar-refractivity contribution in [2.75, 3.05) is 31.6 Å². The Kier molecular flexibility index (Phi) is 3.60.